The molecule has 0 aliphatic heterocycles. The first-order valence-corrected chi connectivity index (χ1v) is 7.19. The van der Waals surface area contributed by atoms with Crippen LogP contribution in [-0.4, -0.2) is 20.6 Å². The van der Waals surface area contributed by atoms with E-state index in [0.29, 0.717) is 12.5 Å². The van der Waals surface area contributed by atoms with Crippen LogP contribution in [0, 0.1) is 0 Å². The topological polar surface area (TPSA) is 29.3 Å². The normalized spacial score (nSPS) is 12.2. The van der Waals surface area contributed by atoms with Crippen LogP contribution in [-0.2, 0) is 6.42 Å². The molecular formula is C17H21ClN2. The van der Waals surface area contributed by atoms with Crippen molar-refractivity contribution in [1.29, 1.82) is 0 Å². The highest BCUT2D eigenvalue weighted by Gasteiger charge is 2.11. The van der Waals surface area contributed by atoms with Crippen LogP contribution in [0.4, 0.5) is 5.69 Å². The number of hydrogen-bond donors (Lipinski definition) is 1. The number of hydrogen-bond acceptors (Lipinski definition) is 2. The van der Waals surface area contributed by atoms with Crippen molar-refractivity contribution in [2.24, 2.45) is 5.73 Å². The van der Waals surface area contributed by atoms with Crippen LogP contribution in [0.15, 0.2) is 48.5 Å². The number of anilines is 1. The summed E-state index contributed by atoms with van der Waals surface area (Å²) in [5, 5.41) is 0.763. The molecule has 0 aliphatic rings. The molecule has 2 N–H and O–H groups in total. The van der Waals surface area contributed by atoms with Gasteiger partial charge in [0, 0.05) is 30.7 Å². The predicted octanol–water partition coefficient (Wildman–Crippen LogP) is 3.69. The van der Waals surface area contributed by atoms with Gasteiger partial charge < -0.3 is 10.6 Å². The van der Waals surface area contributed by atoms with Gasteiger partial charge in [-0.05, 0) is 48.4 Å². The standard InChI is InChI=1S/C17H21ClN2/c1-20(2)17-5-3-4-13(11-17)10-15(12-19)14-6-8-16(18)9-7-14/h3-9,11,15H,10,12,19H2,1-2H3. The van der Waals surface area contributed by atoms with Crippen molar-refractivity contribution in [2.75, 3.05) is 25.5 Å². The lowest BCUT2D eigenvalue weighted by Gasteiger charge is -2.18. The zero-order chi connectivity index (χ0) is 14.5. The van der Waals surface area contributed by atoms with E-state index in [-0.39, 0.29) is 0 Å². The summed E-state index contributed by atoms with van der Waals surface area (Å²) in [6.45, 7) is 0.633. The summed E-state index contributed by atoms with van der Waals surface area (Å²) < 4.78 is 0. The van der Waals surface area contributed by atoms with Crippen LogP contribution in [0.3, 0.4) is 0 Å². The first-order valence-electron chi connectivity index (χ1n) is 6.82. The van der Waals surface area contributed by atoms with E-state index in [4.69, 9.17) is 17.3 Å². The summed E-state index contributed by atoms with van der Waals surface area (Å²) in [4.78, 5) is 2.11. The van der Waals surface area contributed by atoms with E-state index in [2.05, 4.69) is 55.4 Å². The van der Waals surface area contributed by atoms with Crippen molar-refractivity contribution in [1.82, 2.24) is 0 Å². The van der Waals surface area contributed by atoms with Crippen molar-refractivity contribution in [2.45, 2.75) is 12.3 Å². The van der Waals surface area contributed by atoms with Crippen molar-refractivity contribution >= 4 is 17.3 Å². The van der Waals surface area contributed by atoms with Crippen LogP contribution in [0.25, 0.3) is 0 Å². The molecule has 1 unspecified atom stereocenters. The molecule has 0 spiro atoms. The lowest BCUT2D eigenvalue weighted by molar-refractivity contribution is 0.694. The van der Waals surface area contributed by atoms with Crippen LogP contribution in [0.5, 0.6) is 0 Å². The summed E-state index contributed by atoms with van der Waals surface area (Å²) in [6.07, 6.45) is 0.944. The molecule has 2 aromatic rings. The van der Waals surface area contributed by atoms with E-state index in [9.17, 15) is 0 Å². The Morgan fingerprint density at radius 3 is 2.40 bits per heavy atom. The second kappa shape index (κ2) is 6.78. The molecular weight excluding hydrogens is 268 g/mol. The summed E-state index contributed by atoms with van der Waals surface area (Å²) in [5.74, 6) is 0.324. The second-order valence-corrected chi connectivity index (χ2v) is 5.69. The monoisotopic (exact) mass is 288 g/mol. The molecule has 106 valence electrons. The van der Waals surface area contributed by atoms with E-state index >= 15 is 0 Å². The number of rotatable bonds is 5. The number of halogens is 1. The molecule has 0 aromatic heterocycles. The molecule has 2 aromatic carbocycles. The van der Waals surface area contributed by atoms with Crippen molar-refractivity contribution in [3.8, 4) is 0 Å². The van der Waals surface area contributed by atoms with E-state index in [0.717, 1.165) is 11.4 Å². The second-order valence-electron chi connectivity index (χ2n) is 5.25. The van der Waals surface area contributed by atoms with E-state index in [1.54, 1.807) is 0 Å². The molecule has 0 fully saturated rings. The molecule has 2 nitrogen and oxygen atoms in total. The Morgan fingerprint density at radius 2 is 1.80 bits per heavy atom. The first kappa shape index (κ1) is 14.9. The summed E-state index contributed by atoms with van der Waals surface area (Å²) in [5.41, 5.74) is 9.71. The SMILES string of the molecule is CN(C)c1cccc(CC(CN)c2ccc(Cl)cc2)c1. The number of benzene rings is 2. The van der Waals surface area contributed by atoms with Gasteiger partial charge in [-0.1, -0.05) is 35.9 Å². The molecule has 0 bridgehead atoms. The van der Waals surface area contributed by atoms with Gasteiger partial charge in [0.15, 0.2) is 0 Å². The third kappa shape index (κ3) is 3.75. The van der Waals surface area contributed by atoms with Crippen LogP contribution in [0.1, 0.15) is 17.0 Å². The Balaban J connectivity index is 2.17. The van der Waals surface area contributed by atoms with Gasteiger partial charge in [0.2, 0.25) is 0 Å². The van der Waals surface area contributed by atoms with Crippen LogP contribution < -0.4 is 10.6 Å². The molecule has 0 heterocycles. The minimum atomic E-state index is 0.324. The average Bonchev–Trinajstić information content (AvgIpc) is 2.46. The maximum Gasteiger partial charge on any atom is 0.0406 e. The lowest BCUT2D eigenvalue weighted by Crippen LogP contribution is -2.15. The van der Waals surface area contributed by atoms with Gasteiger partial charge in [0.25, 0.3) is 0 Å². The fourth-order valence-electron chi connectivity index (χ4n) is 2.32. The zero-order valence-corrected chi connectivity index (χ0v) is 12.8. The number of nitrogens with zero attached hydrogens (tertiary/aromatic N) is 1. The van der Waals surface area contributed by atoms with Gasteiger partial charge in [0.05, 0.1) is 0 Å². The van der Waals surface area contributed by atoms with Crippen LogP contribution >= 0.6 is 11.6 Å². The molecule has 0 saturated heterocycles. The molecule has 20 heavy (non-hydrogen) atoms. The molecule has 0 amide bonds. The quantitative estimate of drug-likeness (QED) is 0.909. The van der Waals surface area contributed by atoms with Gasteiger partial charge >= 0.3 is 0 Å². The Labute approximate surface area is 126 Å². The first-order chi connectivity index (χ1) is 9.60. The molecule has 0 radical (unpaired) electrons. The highest BCUT2D eigenvalue weighted by molar-refractivity contribution is 6.30. The fourth-order valence-corrected chi connectivity index (χ4v) is 2.44. The van der Waals surface area contributed by atoms with Crippen molar-refractivity contribution in [3.63, 3.8) is 0 Å². The fraction of sp³-hybridized carbons (Fsp3) is 0.294. The Morgan fingerprint density at radius 1 is 1.10 bits per heavy atom. The van der Waals surface area contributed by atoms with Gasteiger partial charge in [0.1, 0.15) is 0 Å². The molecule has 3 heteroatoms. The van der Waals surface area contributed by atoms with Crippen molar-refractivity contribution < 1.29 is 0 Å². The summed E-state index contributed by atoms with van der Waals surface area (Å²) in [6, 6.07) is 16.6. The molecule has 2 rings (SSSR count). The maximum absolute atomic E-state index is 5.95. The van der Waals surface area contributed by atoms with Gasteiger partial charge in [-0.3, -0.25) is 0 Å². The zero-order valence-electron chi connectivity index (χ0n) is 12.0. The van der Waals surface area contributed by atoms with E-state index in [1.807, 2.05) is 12.1 Å². The molecule has 1 atom stereocenters. The smallest absolute Gasteiger partial charge is 0.0406 e. The summed E-state index contributed by atoms with van der Waals surface area (Å²) >= 11 is 5.94. The van der Waals surface area contributed by atoms with Crippen molar-refractivity contribution in [3.05, 3.63) is 64.7 Å². The maximum atomic E-state index is 5.95. The van der Waals surface area contributed by atoms with E-state index < -0.39 is 0 Å². The minimum absolute atomic E-state index is 0.324. The molecule has 0 saturated carbocycles. The highest BCUT2D eigenvalue weighted by atomic mass is 35.5. The highest BCUT2D eigenvalue weighted by Crippen LogP contribution is 2.23. The summed E-state index contributed by atoms with van der Waals surface area (Å²) in [7, 11) is 4.11. The average molecular weight is 289 g/mol. The third-order valence-corrected chi connectivity index (χ3v) is 3.79. The predicted molar refractivity (Wildman–Crippen MR) is 87.7 cm³/mol. The largest absolute Gasteiger partial charge is 0.378 e. The molecule has 0 aliphatic carbocycles. The van der Waals surface area contributed by atoms with E-state index in [1.165, 1.54) is 16.8 Å². The van der Waals surface area contributed by atoms with Gasteiger partial charge in [-0.15, -0.1) is 0 Å². The lowest BCUT2D eigenvalue weighted by atomic mass is 9.92. The van der Waals surface area contributed by atoms with Gasteiger partial charge in [-0.2, -0.15) is 0 Å². The Bertz CT molecular complexity index is 549. The number of nitrogens with two attached hydrogens (primary N) is 1. The van der Waals surface area contributed by atoms with Gasteiger partial charge in [-0.25, -0.2) is 0 Å². The van der Waals surface area contributed by atoms with Crippen LogP contribution in [0.2, 0.25) is 5.02 Å². The Hall–Kier alpha value is -1.51. The minimum Gasteiger partial charge on any atom is -0.378 e. The third-order valence-electron chi connectivity index (χ3n) is 3.53. The Kier molecular flexibility index (Phi) is 5.05.